The first-order valence-electron chi connectivity index (χ1n) is 16.3. The van der Waals surface area contributed by atoms with Gasteiger partial charge in [-0.2, -0.15) is 0 Å². The van der Waals surface area contributed by atoms with Crippen LogP contribution in [0.25, 0.3) is 0 Å². The number of aliphatic carboxylic acids is 1. The minimum absolute atomic E-state index is 0.000873. The zero-order valence-corrected chi connectivity index (χ0v) is 24.5. The number of hydrogen-bond donors (Lipinski definition) is 2. The van der Waals surface area contributed by atoms with Gasteiger partial charge in [0.1, 0.15) is 6.26 Å². The van der Waals surface area contributed by atoms with Gasteiger partial charge < -0.3 is 19.6 Å². The molecule has 0 radical (unpaired) electrons. The summed E-state index contributed by atoms with van der Waals surface area (Å²) in [5.41, 5.74) is 2.57. The molecule has 224 valence electrons. The van der Waals surface area contributed by atoms with E-state index >= 15 is 0 Å². The van der Waals surface area contributed by atoms with Crippen LogP contribution >= 0.6 is 0 Å². The molecule has 7 nitrogen and oxygen atoms in total. The van der Waals surface area contributed by atoms with Crippen LogP contribution in [0, 0.1) is 11.8 Å². The lowest BCUT2D eigenvalue weighted by atomic mass is 9.75. The molecule has 7 heteroatoms. The Labute approximate surface area is 244 Å². The van der Waals surface area contributed by atoms with Gasteiger partial charge in [-0.25, -0.2) is 4.98 Å². The molecule has 2 bridgehead atoms. The molecule has 5 rings (SSSR count). The van der Waals surface area contributed by atoms with Gasteiger partial charge in [-0.3, -0.25) is 9.59 Å². The second-order valence-corrected chi connectivity index (χ2v) is 12.6. The molecule has 3 aliphatic rings. The minimum atomic E-state index is -0.786. The highest BCUT2D eigenvalue weighted by Gasteiger charge is 2.51. The standard InChI is InChI=1S/C34H48N2O5/c37-31(38)20-17-25-15-9-10-16-26(25)22-27-29-18-19-30(41-29)32(27)34-36-28(23-40-34)33(39)35-21-11-4-2-1-3-6-12-24-13-7-5-8-14-24/h9-10,15-16,23-24,27,29-30,32H,1-8,11-14,17-22H2,(H,35,39)(H,37,38). The maximum absolute atomic E-state index is 12.8. The van der Waals surface area contributed by atoms with E-state index in [-0.39, 0.29) is 36.4 Å². The highest BCUT2D eigenvalue weighted by Crippen LogP contribution is 2.50. The highest BCUT2D eigenvalue weighted by molar-refractivity contribution is 5.91. The SMILES string of the molecule is O=C(O)CCc1ccccc1CC1C2CCC(O2)C1c1nc(C(=O)NCCCCCCCCC2CCCCC2)co1. The van der Waals surface area contributed by atoms with Crippen molar-refractivity contribution < 1.29 is 23.8 Å². The number of carboxylic acids is 1. The van der Waals surface area contributed by atoms with Crippen LogP contribution in [0.1, 0.15) is 130 Å². The zero-order chi connectivity index (χ0) is 28.4. The third-order valence-electron chi connectivity index (χ3n) is 9.70. The Balaban J connectivity index is 1.05. The molecule has 1 aromatic carbocycles. The molecule has 3 heterocycles. The van der Waals surface area contributed by atoms with Crippen LogP contribution in [0.15, 0.2) is 34.9 Å². The summed E-state index contributed by atoms with van der Waals surface area (Å²) < 4.78 is 12.2. The van der Waals surface area contributed by atoms with Gasteiger partial charge in [-0.15, -0.1) is 0 Å². The normalized spacial score (nSPS) is 24.1. The number of aromatic nitrogens is 1. The van der Waals surface area contributed by atoms with E-state index in [9.17, 15) is 9.59 Å². The van der Waals surface area contributed by atoms with Crippen LogP contribution in [-0.4, -0.2) is 40.7 Å². The Bertz CT molecular complexity index is 1120. The molecule has 2 saturated heterocycles. The van der Waals surface area contributed by atoms with Crippen molar-refractivity contribution in [3.63, 3.8) is 0 Å². The Morgan fingerprint density at radius 2 is 1.63 bits per heavy atom. The predicted molar refractivity (Wildman–Crippen MR) is 158 cm³/mol. The maximum Gasteiger partial charge on any atom is 0.303 e. The van der Waals surface area contributed by atoms with E-state index in [1.807, 2.05) is 18.2 Å². The van der Waals surface area contributed by atoms with E-state index in [1.165, 1.54) is 70.5 Å². The number of oxazole rings is 1. The fourth-order valence-electron chi connectivity index (χ4n) is 7.45. The summed E-state index contributed by atoms with van der Waals surface area (Å²) in [7, 11) is 0. The number of unbranched alkanes of at least 4 members (excludes halogenated alkanes) is 5. The topological polar surface area (TPSA) is 102 Å². The number of ether oxygens (including phenoxy) is 1. The van der Waals surface area contributed by atoms with E-state index in [0.29, 0.717) is 24.6 Å². The molecule has 0 spiro atoms. The van der Waals surface area contributed by atoms with Gasteiger partial charge in [0.2, 0.25) is 5.89 Å². The van der Waals surface area contributed by atoms with Gasteiger partial charge in [-0.05, 0) is 49.1 Å². The fourth-order valence-corrected chi connectivity index (χ4v) is 7.45. The lowest BCUT2D eigenvalue weighted by Gasteiger charge is -2.26. The summed E-state index contributed by atoms with van der Waals surface area (Å²) in [6, 6.07) is 8.08. The Hall–Kier alpha value is -2.67. The van der Waals surface area contributed by atoms with Crippen molar-refractivity contribution in [1.82, 2.24) is 10.3 Å². The summed E-state index contributed by atoms with van der Waals surface area (Å²) in [5, 5.41) is 12.2. The number of hydrogen-bond acceptors (Lipinski definition) is 5. The van der Waals surface area contributed by atoms with Crippen molar-refractivity contribution >= 4 is 11.9 Å². The zero-order valence-electron chi connectivity index (χ0n) is 24.5. The fraction of sp³-hybridized carbons (Fsp3) is 0.676. The monoisotopic (exact) mass is 564 g/mol. The highest BCUT2D eigenvalue weighted by atomic mass is 16.5. The van der Waals surface area contributed by atoms with E-state index in [4.69, 9.17) is 14.3 Å². The second kappa shape index (κ2) is 15.0. The largest absolute Gasteiger partial charge is 0.481 e. The van der Waals surface area contributed by atoms with Crippen LogP contribution < -0.4 is 5.32 Å². The molecule has 4 atom stereocenters. The van der Waals surface area contributed by atoms with Crippen LogP contribution in [0.2, 0.25) is 0 Å². The average molecular weight is 565 g/mol. The maximum atomic E-state index is 12.8. The molecule has 1 aromatic heterocycles. The summed E-state index contributed by atoms with van der Waals surface area (Å²) in [5.74, 6) is 0.811. The van der Waals surface area contributed by atoms with Crippen molar-refractivity contribution in [2.24, 2.45) is 11.8 Å². The number of carbonyl (C=O) groups excluding carboxylic acids is 1. The van der Waals surface area contributed by atoms with Crippen molar-refractivity contribution in [2.45, 2.75) is 127 Å². The third kappa shape index (κ3) is 8.21. The molecule has 4 unspecified atom stereocenters. The molecule has 2 N–H and O–H groups in total. The molecule has 1 saturated carbocycles. The molecule has 2 aliphatic heterocycles. The Kier molecular flexibility index (Phi) is 10.9. The first-order valence-corrected chi connectivity index (χ1v) is 16.3. The average Bonchev–Trinajstić information content (AvgIpc) is 3.73. The van der Waals surface area contributed by atoms with Crippen molar-refractivity contribution in [1.29, 1.82) is 0 Å². The third-order valence-corrected chi connectivity index (χ3v) is 9.70. The Morgan fingerprint density at radius 1 is 0.902 bits per heavy atom. The number of nitrogens with zero attached hydrogens (tertiary/aromatic N) is 1. The summed E-state index contributed by atoms with van der Waals surface area (Å²) in [6.45, 7) is 0.663. The molecule has 2 aromatic rings. The smallest absolute Gasteiger partial charge is 0.303 e. The van der Waals surface area contributed by atoms with E-state index in [2.05, 4.69) is 16.4 Å². The van der Waals surface area contributed by atoms with Crippen LogP contribution in [0.5, 0.6) is 0 Å². The summed E-state index contributed by atoms with van der Waals surface area (Å²) in [6.07, 6.45) is 21.1. The van der Waals surface area contributed by atoms with E-state index in [0.717, 1.165) is 49.1 Å². The molecule has 41 heavy (non-hydrogen) atoms. The van der Waals surface area contributed by atoms with Gasteiger partial charge in [0.15, 0.2) is 5.69 Å². The molecular formula is C34H48N2O5. The van der Waals surface area contributed by atoms with Crippen molar-refractivity contribution in [2.75, 3.05) is 6.54 Å². The quantitative estimate of drug-likeness (QED) is 0.209. The van der Waals surface area contributed by atoms with Gasteiger partial charge in [0.05, 0.1) is 18.1 Å². The molecule has 1 aliphatic carbocycles. The minimum Gasteiger partial charge on any atom is -0.481 e. The first-order chi connectivity index (χ1) is 20.1. The van der Waals surface area contributed by atoms with E-state index < -0.39 is 5.97 Å². The van der Waals surface area contributed by atoms with Crippen LogP contribution in [0.4, 0.5) is 0 Å². The number of fused-ring (bicyclic) bond motifs is 2. The summed E-state index contributed by atoms with van der Waals surface area (Å²) >= 11 is 0. The van der Waals surface area contributed by atoms with Gasteiger partial charge in [-0.1, -0.05) is 94.9 Å². The second-order valence-electron chi connectivity index (χ2n) is 12.6. The van der Waals surface area contributed by atoms with Gasteiger partial charge in [0.25, 0.3) is 5.91 Å². The van der Waals surface area contributed by atoms with Crippen LogP contribution in [-0.2, 0) is 22.4 Å². The van der Waals surface area contributed by atoms with Gasteiger partial charge in [0, 0.05) is 18.9 Å². The molecular weight excluding hydrogens is 516 g/mol. The van der Waals surface area contributed by atoms with Crippen LogP contribution in [0.3, 0.4) is 0 Å². The number of amides is 1. The molecule has 1 amide bonds. The number of aryl methyl sites for hydroxylation is 1. The van der Waals surface area contributed by atoms with E-state index in [1.54, 1.807) is 0 Å². The summed E-state index contributed by atoms with van der Waals surface area (Å²) in [4.78, 5) is 28.6. The van der Waals surface area contributed by atoms with Crippen molar-refractivity contribution in [3.8, 4) is 0 Å². The van der Waals surface area contributed by atoms with Gasteiger partial charge >= 0.3 is 5.97 Å². The number of carbonyl (C=O) groups is 2. The Morgan fingerprint density at radius 3 is 2.44 bits per heavy atom. The first kappa shape index (κ1) is 29.8. The number of benzene rings is 1. The number of carboxylic acid groups (broad SMARTS) is 1. The predicted octanol–water partition coefficient (Wildman–Crippen LogP) is 7.24. The number of nitrogens with one attached hydrogen (secondary N) is 1. The number of rotatable bonds is 16. The molecule has 3 fully saturated rings. The lowest BCUT2D eigenvalue weighted by molar-refractivity contribution is -0.136. The van der Waals surface area contributed by atoms with Crippen molar-refractivity contribution in [3.05, 3.63) is 53.2 Å². The lowest BCUT2D eigenvalue weighted by Crippen LogP contribution is -2.28.